The highest BCUT2D eigenvalue weighted by Crippen LogP contribution is 2.11. The molecule has 0 aromatic carbocycles. The molecule has 15 heavy (non-hydrogen) atoms. The van der Waals surface area contributed by atoms with Gasteiger partial charge in [-0.05, 0) is 19.3 Å². The Bertz CT molecular complexity index is 237. The van der Waals surface area contributed by atoms with Crippen LogP contribution < -0.4 is 0 Å². The summed E-state index contributed by atoms with van der Waals surface area (Å²) in [7, 11) is 0. The van der Waals surface area contributed by atoms with Crippen LogP contribution in [0.15, 0.2) is 23.8 Å². The third kappa shape index (κ3) is 6.10. The number of unbranched alkanes of at least 4 members (excludes halogenated alkanes) is 1. The molecule has 0 rings (SSSR count). The first-order chi connectivity index (χ1) is 7.13. The van der Waals surface area contributed by atoms with Crippen LogP contribution in [0.2, 0.25) is 0 Å². The normalized spacial score (nSPS) is 12.5. The molecule has 0 aliphatic carbocycles. The zero-order chi connectivity index (χ0) is 11.7. The van der Waals surface area contributed by atoms with Crippen LogP contribution in [0.4, 0.5) is 0 Å². The molecule has 0 atom stereocenters. The Labute approximate surface area is 93.0 Å². The van der Waals surface area contributed by atoms with Gasteiger partial charge in [-0.1, -0.05) is 45.4 Å². The zero-order valence-corrected chi connectivity index (χ0v) is 10.2. The van der Waals surface area contributed by atoms with E-state index in [0.29, 0.717) is 6.61 Å². The molecule has 86 valence electrons. The molecule has 0 spiro atoms. The van der Waals surface area contributed by atoms with Gasteiger partial charge >= 0.3 is 5.97 Å². The molecular formula is C13H22O2. The summed E-state index contributed by atoms with van der Waals surface area (Å²) in [5, 5.41) is 0. The van der Waals surface area contributed by atoms with Gasteiger partial charge in [-0.3, -0.25) is 0 Å². The van der Waals surface area contributed by atoms with Gasteiger partial charge in [-0.25, -0.2) is 4.79 Å². The topological polar surface area (TPSA) is 26.3 Å². The summed E-state index contributed by atoms with van der Waals surface area (Å²) in [5.74, 6) is 0.00368. The van der Waals surface area contributed by atoms with E-state index in [1.807, 2.05) is 32.9 Å². The van der Waals surface area contributed by atoms with Crippen LogP contribution in [0, 0.1) is 5.92 Å². The molecule has 0 saturated heterocycles. The van der Waals surface area contributed by atoms with Gasteiger partial charge < -0.3 is 4.74 Å². The number of hydrogen-bond donors (Lipinski definition) is 0. The molecule has 0 heterocycles. The molecule has 0 bridgehead atoms. The van der Waals surface area contributed by atoms with E-state index in [9.17, 15) is 4.79 Å². The van der Waals surface area contributed by atoms with Crippen LogP contribution in [0.3, 0.4) is 0 Å². The molecule has 0 amide bonds. The highest BCUT2D eigenvalue weighted by atomic mass is 16.5. The highest BCUT2D eigenvalue weighted by Gasteiger charge is 2.12. The lowest BCUT2D eigenvalue weighted by atomic mass is 10.0. The summed E-state index contributed by atoms with van der Waals surface area (Å²) in [5.41, 5.74) is 0.740. The number of ether oxygens (including phenoxy) is 1. The fraction of sp³-hybridized carbons (Fsp3) is 0.615. The van der Waals surface area contributed by atoms with Gasteiger partial charge in [-0.15, -0.1) is 0 Å². The van der Waals surface area contributed by atoms with Gasteiger partial charge in [0.1, 0.15) is 0 Å². The largest absolute Gasteiger partial charge is 0.463 e. The van der Waals surface area contributed by atoms with Gasteiger partial charge in [0.25, 0.3) is 0 Å². The second-order valence-corrected chi connectivity index (χ2v) is 3.71. The van der Waals surface area contributed by atoms with Crippen LogP contribution in [-0.4, -0.2) is 12.6 Å². The number of carbonyl (C=O) groups is 1. The van der Waals surface area contributed by atoms with E-state index >= 15 is 0 Å². The summed E-state index contributed by atoms with van der Waals surface area (Å²) in [4.78, 5) is 11.5. The van der Waals surface area contributed by atoms with Crippen LogP contribution >= 0.6 is 0 Å². The molecule has 0 radical (unpaired) electrons. The number of esters is 1. The van der Waals surface area contributed by atoms with Crippen molar-refractivity contribution >= 4 is 5.97 Å². The number of carbonyl (C=O) groups excluding carboxylic acids is 1. The lowest BCUT2D eigenvalue weighted by molar-refractivity contribution is -0.139. The minimum atomic E-state index is -0.200. The Hall–Kier alpha value is -1.05. The first-order valence-electron chi connectivity index (χ1n) is 5.67. The second-order valence-electron chi connectivity index (χ2n) is 3.71. The quantitative estimate of drug-likeness (QED) is 0.381. The second kappa shape index (κ2) is 8.27. The van der Waals surface area contributed by atoms with E-state index in [1.54, 1.807) is 0 Å². The average Bonchev–Trinajstić information content (AvgIpc) is 2.17. The van der Waals surface area contributed by atoms with Crippen molar-refractivity contribution in [2.24, 2.45) is 5.92 Å². The summed E-state index contributed by atoms with van der Waals surface area (Å²) in [6.45, 7) is 8.37. The predicted molar refractivity (Wildman–Crippen MR) is 63.6 cm³/mol. The van der Waals surface area contributed by atoms with E-state index in [2.05, 4.69) is 13.0 Å². The van der Waals surface area contributed by atoms with E-state index in [0.717, 1.165) is 18.4 Å². The summed E-state index contributed by atoms with van der Waals surface area (Å²) < 4.78 is 4.98. The first-order valence-corrected chi connectivity index (χ1v) is 5.67. The van der Waals surface area contributed by atoms with E-state index in [4.69, 9.17) is 4.74 Å². The molecule has 0 aliphatic heterocycles. The van der Waals surface area contributed by atoms with Crippen molar-refractivity contribution in [2.45, 2.75) is 40.5 Å². The van der Waals surface area contributed by atoms with Crippen molar-refractivity contribution in [1.29, 1.82) is 0 Å². The van der Waals surface area contributed by atoms with Crippen molar-refractivity contribution in [2.75, 3.05) is 6.61 Å². The molecule has 0 fully saturated rings. The van der Waals surface area contributed by atoms with Crippen LogP contribution in [0.25, 0.3) is 0 Å². The van der Waals surface area contributed by atoms with Crippen molar-refractivity contribution in [3.63, 3.8) is 0 Å². The fourth-order valence-corrected chi connectivity index (χ4v) is 1.15. The standard InChI is InChI=1S/C13H22O2/c1-5-7-8-9-10-12(11(3)4)13(14)15-6-2/h8-11H,5-7H2,1-4H3/b9-8+,12-10-. The summed E-state index contributed by atoms with van der Waals surface area (Å²) in [6, 6.07) is 0. The molecule has 0 aromatic heterocycles. The van der Waals surface area contributed by atoms with E-state index in [1.165, 1.54) is 0 Å². The van der Waals surface area contributed by atoms with Gasteiger partial charge in [0.2, 0.25) is 0 Å². The van der Waals surface area contributed by atoms with Crippen molar-refractivity contribution in [3.8, 4) is 0 Å². The molecule has 2 heteroatoms. The fourth-order valence-electron chi connectivity index (χ4n) is 1.15. The van der Waals surface area contributed by atoms with Gasteiger partial charge in [-0.2, -0.15) is 0 Å². The summed E-state index contributed by atoms with van der Waals surface area (Å²) >= 11 is 0. The molecule has 2 nitrogen and oxygen atoms in total. The number of hydrogen-bond acceptors (Lipinski definition) is 2. The molecular weight excluding hydrogens is 188 g/mol. The average molecular weight is 210 g/mol. The molecule has 0 aromatic rings. The Morgan fingerprint density at radius 2 is 2.00 bits per heavy atom. The Kier molecular flexibility index (Phi) is 7.69. The van der Waals surface area contributed by atoms with Crippen molar-refractivity contribution < 1.29 is 9.53 Å². The Balaban J connectivity index is 4.44. The maximum atomic E-state index is 11.5. The molecule has 0 saturated carbocycles. The maximum absolute atomic E-state index is 11.5. The number of rotatable bonds is 6. The van der Waals surface area contributed by atoms with Crippen LogP contribution in [-0.2, 0) is 9.53 Å². The van der Waals surface area contributed by atoms with Crippen LogP contribution in [0.5, 0.6) is 0 Å². The van der Waals surface area contributed by atoms with Crippen LogP contribution in [0.1, 0.15) is 40.5 Å². The minimum absolute atomic E-state index is 0.200. The summed E-state index contributed by atoms with van der Waals surface area (Å²) in [6.07, 6.45) is 8.04. The highest BCUT2D eigenvalue weighted by molar-refractivity contribution is 5.89. The molecule has 0 unspecified atom stereocenters. The number of allylic oxidation sites excluding steroid dienone is 3. The SMILES string of the molecule is CCC/C=C/C=C(\C(=O)OCC)C(C)C. The van der Waals surface area contributed by atoms with E-state index < -0.39 is 0 Å². The third-order valence-electron chi connectivity index (χ3n) is 2.00. The molecule has 0 aliphatic rings. The van der Waals surface area contributed by atoms with Crippen molar-refractivity contribution in [3.05, 3.63) is 23.8 Å². The maximum Gasteiger partial charge on any atom is 0.334 e. The lowest BCUT2D eigenvalue weighted by Crippen LogP contribution is -2.11. The monoisotopic (exact) mass is 210 g/mol. The Morgan fingerprint density at radius 1 is 1.33 bits per heavy atom. The third-order valence-corrected chi connectivity index (χ3v) is 2.00. The smallest absolute Gasteiger partial charge is 0.334 e. The minimum Gasteiger partial charge on any atom is -0.463 e. The predicted octanol–water partition coefficient (Wildman–Crippen LogP) is 3.49. The van der Waals surface area contributed by atoms with Gasteiger partial charge in [0, 0.05) is 5.57 Å². The first kappa shape index (κ1) is 13.9. The lowest BCUT2D eigenvalue weighted by Gasteiger charge is -2.08. The van der Waals surface area contributed by atoms with Crippen molar-refractivity contribution in [1.82, 2.24) is 0 Å². The van der Waals surface area contributed by atoms with Gasteiger partial charge in [0.15, 0.2) is 0 Å². The van der Waals surface area contributed by atoms with Gasteiger partial charge in [0.05, 0.1) is 6.61 Å². The Morgan fingerprint density at radius 3 is 2.47 bits per heavy atom. The van der Waals surface area contributed by atoms with E-state index in [-0.39, 0.29) is 11.9 Å². The zero-order valence-electron chi connectivity index (χ0n) is 10.2. The molecule has 0 N–H and O–H groups in total.